The molecule has 17 heavy (non-hydrogen) atoms. The van der Waals surface area contributed by atoms with Gasteiger partial charge in [0.05, 0.1) is 0 Å². The Labute approximate surface area is 101 Å². The molecule has 3 nitrogen and oxygen atoms in total. The van der Waals surface area contributed by atoms with Crippen LogP contribution in [0.3, 0.4) is 0 Å². The van der Waals surface area contributed by atoms with E-state index >= 15 is 0 Å². The van der Waals surface area contributed by atoms with E-state index in [1.54, 1.807) is 12.1 Å². The predicted octanol–water partition coefficient (Wildman–Crippen LogP) is 2.91. The summed E-state index contributed by atoms with van der Waals surface area (Å²) in [4.78, 5) is 12.5. The van der Waals surface area contributed by atoms with E-state index in [9.17, 15) is 9.18 Å². The summed E-state index contributed by atoms with van der Waals surface area (Å²) in [7, 11) is 0. The lowest BCUT2D eigenvalue weighted by Gasteiger charge is -2.24. The van der Waals surface area contributed by atoms with Crippen LogP contribution in [-0.2, 0) is 4.79 Å². The first-order valence-electron chi connectivity index (χ1n) is 5.85. The second-order valence-corrected chi connectivity index (χ2v) is 3.96. The van der Waals surface area contributed by atoms with E-state index in [1.165, 1.54) is 12.1 Å². The molecular formula is C13H18FNO2. The molecule has 1 rings (SSSR count). The molecule has 0 saturated heterocycles. The normalized spacial score (nSPS) is 10.2. The third-order valence-electron chi connectivity index (χ3n) is 2.50. The summed E-state index contributed by atoms with van der Waals surface area (Å²) < 4.78 is 12.8. The van der Waals surface area contributed by atoms with Crippen LogP contribution in [0.15, 0.2) is 24.3 Å². The van der Waals surface area contributed by atoms with Gasteiger partial charge in [-0.1, -0.05) is 6.92 Å². The lowest BCUT2D eigenvalue weighted by atomic mass is 10.2. The Hall–Kier alpha value is -1.58. The van der Waals surface area contributed by atoms with E-state index in [1.807, 2.05) is 0 Å². The maximum Gasteiger partial charge on any atom is 0.303 e. The van der Waals surface area contributed by atoms with Gasteiger partial charge in [0.15, 0.2) is 0 Å². The van der Waals surface area contributed by atoms with Crippen molar-refractivity contribution in [1.29, 1.82) is 0 Å². The molecule has 0 aliphatic heterocycles. The lowest BCUT2D eigenvalue weighted by molar-refractivity contribution is -0.137. The molecule has 94 valence electrons. The highest BCUT2D eigenvalue weighted by molar-refractivity contribution is 5.66. The third kappa shape index (κ3) is 4.85. The molecule has 0 atom stereocenters. The fourth-order valence-corrected chi connectivity index (χ4v) is 1.71. The van der Waals surface area contributed by atoms with Crippen LogP contribution in [-0.4, -0.2) is 24.2 Å². The molecule has 0 radical (unpaired) electrons. The Balaban J connectivity index is 2.58. The van der Waals surface area contributed by atoms with Gasteiger partial charge in [-0.15, -0.1) is 0 Å². The molecule has 0 fully saturated rings. The minimum Gasteiger partial charge on any atom is -0.481 e. The van der Waals surface area contributed by atoms with Gasteiger partial charge in [-0.2, -0.15) is 0 Å². The summed E-state index contributed by atoms with van der Waals surface area (Å²) in [5.74, 6) is -1.03. The number of hydrogen-bond donors (Lipinski definition) is 1. The Morgan fingerprint density at radius 2 is 1.94 bits per heavy atom. The molecule has 0 saturated carbocycles. The number of benzene rings is 1. The van der Waals surface area contributed by atoms with E-state index in [2.05, 4.69) is 11.8 Å². The number of carboxylic acids is 1. The summed E-state index contributed by atoms with van der Waals surface area (Å²) in [5, 5.41) is 8.60. The van der Waals surface area contributed by atoms with Crippen molar-refractivity contribution >= 4 is 11.7 Å². The second kappa shape index (κ2) is 6.89. The van der Waals surface area contributed by atoms with E-state index in [0.717, 1.165) is 18.7 Å². The number of nitrogens with zero attached hydrogens (tertiary/aromatic N) is 1. The highest BCUT2D eigenvalue weighted by Crippen LogP contribution is 2.15. The number of anilines is 1. The third-order valence-corrected chi connectivity index (χ3v) is 2.50. The highest BCUT2D eigenvalue weighted by atomic mass is 19.1. The zero-order valence-electron chi connectivity index (χ0n) is 10.0. The smallest absolute Gasteiger partial charge is 0.303 e. The predicted molar refractivity (Wildman–Crippen MR) is 65.8 cm³/mol. The first kappa shape index (κ1) is 13.5. The fourth-order valence-electron chi connectivity index (χ4n) is 1.71. The zero-order chi connectivity index (χ0) is 12.7. The summed E-state index contributed by atoms with van der Waals surface area (Å²) in [6.07, 6.45) is 1.75. The molecule has 0 aliphatic carbocycles. The van der Waals surface area contributed by atoms with Crippen LogP contribution < -0.4 is 4.90 Å². The quantitative estimate of drug-likeness (QED) is 0.795. The molecule has 0 spiro atoms. The van der Waals surface area contributed by atoms with Gasteiger partial charge in [0.25, 0.3) is 0 Å². The molecule has 0 aliphatic rings. The van der Waals surface area contributed by atoms with Crippen molar-refractivity contribution in [3.63, 3.8) is 0 Å². The van der Waals surface area contributed by atoms with Crippen LogP contribution in [0.4, 0.5) is 10.1 Å². The fraction of sp³-hybridized carbons (Fsp3) is 0.462. The summed E-state index contributed by atoms with van der Waals surface area (Å²) in [6.45, 7) is 3.60. The molecule has 0 unspecified atom stereocenters. The number of carbonyl (C=O) groups is 1. The van der Waals surface area contributed by atoms with Gasteiger partial charge in [-0.3, -0.25) is 4.79 Å². The Morgan fingerprint density at radius 3 is 2.47 bits per heavy atom. The van der Waals surface area contributed by atoms with Gasteiger partial charge < -0.3 is 10.0 Å². The summed E-state index contributed by atoms with van der Waals surface area (Å²) in [6, 6.07) is 6.31. The Bertz CT molecular complexity index is 351. The van der Waals surface area contributed by atoms with E-state index in [4.69, 9.17) is 5.11 Å². The molecule has 0 aromatic heterocycles. The monoisotopic (exact) mass is 239 g/mol. The van der Waals surface area contributed by atoms with Crippen molar-refractivity contribution in [1.82, 2.24) is 0 Å². The van der Waals surface area contributed by atoms with E-state index < -0.39 is 5.97 Å². The van der Waals surface area contributed by atoms with Crippen molar-refractivity contribution in [2.24, 2.45) is 0 Å². The van der Waals surface area contributed by atoms with Crippen LogP contribution >= 0.6 is 0 Å². The summed E-state index contributed by atoms with van der Waals surface area (Å²) >= 11 is 0. The first-order chi connectivity index (χ1) is 8.13. The van der Waals surface area contributed by atoms with Crippen molar-refractivity contribution in [2.75, 3.05) is 18.0 Å². The number of hydrogen-bond acceptors (Lipinski definition) is 2. The minimum absolute atomic E-state index is 0.168. The van der Waals surface area contributed by atoms with Gasteiger partial charge in [0.2, 0.25) is 0 Å². The molecule has 0 heterocycles. The topological polar surface area (TPSA) is 40.5 Å². The van der Waals surface area contributed by atoms with Crippen LogP contribution in [0.1, 0.15) is 26.2 Å². The molecule has 0 bridgehead atoms. The number of halogens is 1. The van der Waals surface area contributed by atoms with Crippen molar-refractivity contribution in [3.8, 4) is 0 Å². The molecule has 4 heteroatoms. The SMILES string of the molecule is CCCN(CCCC(=O)O)c1ccc(F)cc1. The Kier molecular flexibility index (Phi) is 5.46. The van der Waals surface area contributed by atoms with E-state index in [-0.39, 0.29) is 12.2 Å². The maximum absolute atomic E-state index is 12.8. The van der Waals surface area contributed by atoms with Gasteiger partial charge in [0, 0.05) is 25.2 Å². The molecule has 1 aromatic carbocycles. The summed E-state index contributed by atoms with van der Waals surface area (Å²) in [5.41, 5.74) is 0.943. The van der Waals surface area contributed by atoms with Gasteiger partial charge in [-0.25, -0.2) is 4.39 Å². The molecule has 0 amide bonds. The van der Waals surface area contributed by atoms with Gasteiger partial charge >= 0.3 is 5.97 Å². The standard InChI is InChI=1S/C13H18FNO2/c1-2-9-15(10-3-4-13(16)17)12-7-5-11(14)6-8-12/h5-8H,2-4,9-10H2,1H3,(H,16,17). The molecule has 1 N–H and O–H groups in total. The van der Waals surface area contributed by atoms with Crippen molar-refractivity contribution < 1.29 is 14.3 Å². The first-order valence-corrected chi connectivity index (χ1v) is 5.85. The Morgan fingerprint density at radius 1 is 1.29 bits per heavy atom. The number of aliphatic carboxylic acids is 1. The van der Waals surface area contributed by atoms with E-state index in [0.29, 0.717) is 13.0 Å². The molecular weight excluding hydrogens is 221 g/mol. The zero-order valence-corrected chi connectivity index (χ0v) is 10.0. The second-order valence-electron chi connectivity index (χ2n) is 3.96. The van der Waals surface area contributed by atoms with Gasteiger partial charge in [-0.05, 0) is 37.1 Å². The largest absolute Gasteiger partial charge is 0.481 e. The van der Waals surface area contributed by atoms with Crippen LogP contribution in [0, 0.1) is 5.82 Å². The van der Waals surface area contributed by atoms with Crippen molar-refractivity contribution in [2.45, 2.75) is 26.2 Å². The van der Waals surface area contributed by atoms with Crippen LogP contribution in [0.2, 0.25) is 0 Å². The van der Waals surface area contributed by atoms with Crippen LogP contribution in [0.25, 0.3) is 0 Å². The maximum atomic E-state index is 12.8. The molecule has 1 aromatic rings. The highest BCUT2D eigenvalue weighted by Gasteiger charge is 2.06. The van der Waals surface area contributed by atoms with Crippen molar-refractivity contribution in [3.05, 3.63) is 30.1 Å². The van der Waals surface area contributed by atoms with Crippen LogP contribution in [0.5, 0.6) is 0 Å². The average Bonchev–Trinajstić information content (AvgIpc) is 2.29. The number of rotatable bonds is 7. The van der Waals surface area contributed by atoms with Gasteiger partial charge in [0.1, 0.15) is 5.82 Å². The number of carboxylic acid groups (broad SMARTS) is 1. The lowest BCUT2D eigenvalue weighted by Crippen LogP contribution is -2.25. The average molecular weight is 239 g/mol. The minimum atomic E-state index is -0.777.